The van der Waals surface area contributed by atoms with Crippen LogP contribution in [0.4, 0.5) is 0 Å². The molecule has 0 unspecified atom stereocenters. The summed E-state index contributed by atoms with van der Waals surface area (Å²) in [5, 5.41) is 2.97. The SMILES string of the molecule is CN1C(=S)N(C2CCCCC2)C(=O)/C1=C/c1cccc2ccccc12. The van der Waals surface area contributed by atoms with E-state index in [1.54, 1.807) is 0 Å². The normalized spacial score (nSPS) is 20.9. The van der Waals surface area contributed by atoms with E-state index < -0.39 is 0 Å². The van der Waals surface area contributed by atoms with Crippen molar-refractivity contribution in [2.45, 2.75) is 38.1 Å². The van der Waals surface area contributed by atoms with Gasteiger partial charge in [-0.15, -0.1) is 0 Å². The summed E-state index contributed by atoms with van der Waals surface area (Å²) >= 11 is 5.60. The van der Waals surface area contributed by atoms with Crippen LogP contribution in [-0.2, 0) is 4.79 Å². The van der Waals surface area contributed by atoms with Gasteiger partial charge in [-0.05, 0) is 47.5 Å². The summed E-state index contributed by atoms with van der Waals surface area (Å²) in [5.41, 5.74) is 1.73. The summed E-state index contributed by atoms with van der Waals surface area (Å²) in [6, 6.07) is 14.7. The standard InChI is InChI=1S/C21H22N2OS/c1-22-19(14-16-10-7-9-15-8-5-6-13-18(15)16)20(24)23(21(22)25)17-11-3-2-4-12-17/h5-10,13-14,17H,2-4,11-12H2,1H3/b19-14-. The topological polar surface area (TPSA) is 23.6 Å². The van der Waals surface area contributed by atoms with Crippen LogP contribution < -0.4 is 0 Å². The average molecular weight is 350 g/mol. The van der Waals surface area contributed by atoms with Gasteiger partial charge in [0.25, 0.3) is 5.91 Å². The van der Waals surface area contributed by atoms with E-state index in [2.05, 4.69) is 24.3 Å². The molecule has 1 amide bonds. The average Bonchev–Trinajstić information content (AvgIpc) is 2.86. The highest BCUT2D eigenvalue weighted by Gasteiger charge is 2.40. The monoisotopic (exact) mass is 350 g/mol. The zero-order chi connectivity index (χ0) is 17.4. The smallest absolute Gasteiger partial charge is 0.277 e. The molecule has 1 saturated heterocycles. The Kier molecular flexibility index (Phi) is 4.30. The summed E-state index contributed by atoms with van der Waals surface area (Å²) in [5.74, 6) is 0.0485. The van der Waals surface area contributed by atoms with E-state index in [-0.39, 0.29) is 11.9 Å². The van der Waals surface area contributed by atoms with Crippen LogP contribution in [0.1, 0.15) is 37.7 Å². The second-order valence-corrected chi connectivity index (χ2v) is 7.27. The number of thiocarbonyl (C=S) groups is 1. The lowest BCUT2D eigenvalue weighted by molar-refractivity contribution is -0.124. The highest BCUT2D eigenvalue weighted by Crippen LogP contribution is 2.31. The van der Waals surface area contributed by atoms with Crippen molar-refractivity contribution >= 4 is 40.1 Å². The third kappa shape index (κ3) is 2.85. The van der Waals surface area contributed by atoms with Crippen molar-refractivity contribution in [3.8, 4) is 0 Å². The van der Waals surface area contributed by atoms with Gasteiger partial charge < -0.3 is 4.90 Å². The molecule has 2 aliphatic rings. The predicted molar refractivity (Wildman–Crippen MR) is 106 cm³/mol. The first-order valence-electron chi connectivity index (χ1n) is 8.97. The maximum atomic E-state index is 13.1. The number of nitrogens with zero attached hydrogens (tertiary/aromatic N) is 2. The zero-order valence-electron chi connectivity index (χ0n) is 14.4. The fourth-order valence-corrected chi connectivity index (χ4v) is 4.29. The number of carbonyl (C=O) groups is 1. The summed E-state index contributed by atoms with van der Waals surface area (Å²) in [6.07, 6.45) is 7.73. The number of benzene rings is 2. The lowest BCUT2D eigenvalue weighted by Gasteiger charge is -2.30. The first kappa shape index (κ1) is 16.3. The number of hydrogen-bond donors (Lipinski definition) is 0. The summed E-state index contributed by atoms with van der Waals surface area (Å²) in [7, 11) is 1.90. The molecule has 0 N–H and O–H groups in total. The molecule has 1 aliphatic heterocycles. The lowest BCUT2D eigenvalue weighted by atomic mass is 9.94. The fourth-order valence-electron chi connectivity index (χ4n) is 3.96. The van der Waals surface area contributed by atoms with Gasteiger partial charge in [0, 0.05) is 13.1 Å². The predicted octanol–water partition coefficient (Wildman–Crippen LogP) is 4.57. The van der Waals surface area contributed by atoms with Crippen molar-refractivity contribution in [1.82, 2.24) is 9.80 Å². The van der Waals surface area contributed by atoms with E-state index in [4.69, 9.17) is 12.2 Å². The molecule has 0 aromatic heterocycles. The van der Waals surface area contributed by atoms with Crippen LogP contribution in [0.3, 0.4) is 0 Å². The van der Waals surface area contributed by atoms with Gasteiger partial charge in [-0.1, -0.05) is 61.7 Å². The highest BCUT2D eigenvalue weighted by molar-refractivity contribution is 7.80. The van der Waals surface area contributed by atoms with Crippen molar-refractivity contribution in [2.75, 3.05) is 7.05 Å². The minimum Gasteiger partial charge on any atom is -0.317 e. The minimum absolute atomic E-state index is 0.0485. The van der Waals surface area contributed by atoms with Crippen molar-refractivity contribution in [2.24, 2.45) is 0 Å². The van der Waals surface area contributed by atoms with Crippen molar-refractivity contribution < 1.29 is 4.79 Å². The molecule has 0 spiro atoms. The minimum atomic E-state index is 0.0485. The number of hydrogen-bond acceptors (Lipinski definition) is 2. The molecule has 0 bridgehead atoms. The molecule has 3 nitrogen and oxygen atoms in total. The molecule has 0 radical (unpaired) electrons. The third-order valence-electron chi connectivity index (χ3n) is 5.35. The molecule has 128 valence electrons. The van der Waals surface area contributed by atoms with Crippen LogP contribution in [0.2, 0.25) is 0 Å². The maximum Gasteiger partial charge on any atom is 0.277 e. The van der Waals surface area contributed by atoms with E-state index in [0.29, 0.717) is 10.8 Å². The van der Waals surface area contributed by atoms with Crippen LogP contribution in [0, 0.1) is 0 Å². The summed E-state index contributed by atoms with van der Waals surface area (Å²) in [4.78, 5) is 16.8. The van der Waals surface area contributed by atoms with Crippen molar-refractivity contribution in [1.29, 1.82) is 0 Å². The largest absolute Gasteiger partial charge is 0.317 e. The van der Waals surface area contributed by atoms with Gasteiger partial charge in [0.1, 0.15) is 5.70 Å². The Balaban J connectivity index is 1.73. The number of likely N-dealkylation sites (N-methyl/N-ethyl adjacent to an activating group) is 1. The first-order chi connectivity index (χ1) is 12.2. The van der Waals surface area contributed by atoms with Gasteiger partial charge in [-0.25, -0.2) is 0 Å². The van der Waals surface area contributed by atoms with Gasteiger partial charge in [-0.3, -0.25) is 9.69 Å². The molecule has 2 fully saturated rings. The van der Waals surface area contributed by atoms with E-state index in [1.165, 1.54) is 24.6 Å². The molecule has 1 aliphatic carbocycles. The molecular formula is C21H22N2OS. The van der Waals surface area contributed by atoms with E-state index in [9.17, 15) is 4.79 Å². The summed E-state index contributed by atoms with van der Waals surface area (Å²) in [6.45, 7) is 0. The Morgan fingerprint density at radius 2 is 1.76 bits per heavy atom. The second-order valence-electron chi connectivity index (χ2n) is 6.91. The van der Waals surface area contributed by atoms with Crippen LogP contribution in [-0.4, -0.2) is 33.9 Å². The zero-order valence-corrected chi connectivity index (χ0v) is 15.3. The highest BCUT2D eigenvalue weighted by atomic mass is 32.1. The molecule has 1 heterocycles. The van der Waals surface area contributed by atoms with Gasteiger partial charge in [0.2, 0.25) is 0 Å². The quantitative estimate of drug-likeness (QED) is 0.585. The van der Waals surface area contributed by atoms with Crippen LogP contribution in [0.25, 0.3) is 16.8 Å². The van der Waals surface area contributed by atoms with Gasteiger partial charge in [0.15, 0.2) is 5.11 Å². The molecule has 2 aromatic carbocycles. The molecule has 4 rings (SSSR count). The Morgan fingerprint density at radius 3 is 2.56 bits per heavy atom. The second kappa shape index (κ2) is 6.60. The fraction of sp³-hybridized carbons (Fsp3) is 0.333. The van der Waals surface area contributed by atoms with E-state index in [1.807, 2.05) is 41.1 Å². The van der Waals surface area contributed by atoms with E-state index >= 15 is 0 Å². The Bertz CT molecular complexity index is 862. The van der Waals surface area contributed by atoms with Crippen LogP contribution >= 0.6 is 12.2 Å². The van der Waals surface area contributed by atoms with Crippen molar-refractivity contribution in [3.05, 3.63) is 53.7 Å². The Labute approximate surface area is 153 Å². The van der Waals surface area contributed by atoms with Crippen molar-refractivity contribution in [3.63, 3.8) is 0 Å². The van der Waals surface area contributed by atoms with Gasteiger partial charge >= 0.3 is 0 Å². The van der Waals surface area contributed by atoms with Crippen LogP contribution in [0.5, 0.6) is 0 Å². The Morgan fingerprint density at radius 1 is 1.04 bits per heavy atom. The van der Waals surface area contributed by atoms with Gasteiger partial charge in [0.05, 0.1) is 0 Å². The third-order valence-corrected chi connectivity index (χ3v) is 5.82. The Hall–Kier alpha value is -2.20. The summed E-state index contributed by atoms with van der Waals surface area (Å²) < 4.78 is 0. The number of rotatable bonds is 2. The number of amides is 1. The lowest BCUT2D eigenvalue weighted by Crippen LogP contribution is -2.41. The number of fused-ring (bicyclic) bond motifs is 1. The number of carbonyl (C=O) groups excluding carboxylic acids is 1. The van der Waals surface area contributed by atoms with Gasteiger partial charge in [-0.2, -0.15) is 0 Å². The molecule has 0 atom stereocenters. The van der Waals surface area contributed by atoms with E-state index in [0.717, 1.165) is 23.8 Å². The first-order valence-corrected chi connectivity index (χ1v) is 9.38. The van der Waals surface area contributed by atoms with Crippen LogP contribution in [0.15, 0.2) is 48.2 Å². The molecule has 4 heteroatoms. The molecule has 1 saturated carbocycles. The molecule has 25 heavy (non-hydrogen) atoms. The molecule has 2 aromatic rings. The maximum absolute atomic E-state index is 13.1. The molecular weight excluding hydrogens is 328 g/mol.